The Morgan fingerprint density at radius 1 is 1.53 bits per heavy atom. The number of ether oxygens (including phenoxy) is 1. The van der Waals surface area contributed by atoms with E-state index in [2.05, 4.69) is 16.0 Å². The Bertz CT molecular complexity index is 352. The molecule has 0 aliphatic carbocycles. The number of hydrogen-bond acceptors (Lipinski definition) is 4. The van der Waals surface area contributed by atoms with E-state index in [1.54, 1.807) is 0 Å². The minimum Gasteiger partial charge on any atom is -0.370 e. The monoisotopic (exact) mass is 207 g/mol. The van der Waals surface area contributed by atoms with Crippen LogP contribution in [0.2, 0.25) is 0 Å². The Labute approximate surface area is 90.0 Å². The molecular weight excluding hydrogens is 190 g/mol. The molecule has 1 aromatic heterocycles. The molecule has 0 spiro atoms. The van der Waals surface area contributed by atoms with Crippen molar-refractivity contribution in [1.82, 2.24) is 4.98 Å². The molecule has 0 bridgehead atoms. The van der Waals surface area contributed by atoms with Gasteiger partial charge in [-0.1, -0.05) is 6.07 Å². The molecule has 4 heteroatoms. The fourth-order valence-electron chi connectivity index (χ4n) is 1.77. The average Bonchev–Trinajstić information content (AvgIpc) is 2.62. The molecule has 0 radical (unpaired) electrons. The van der Waals surface area contributed by atoms with Crippen LogP contribution in [0.1, 0.15) is 18.2 Å². The number of pyridine rings is 1. The summed E-state index contributed by atoms with van der Waals surface area (Å²) in [6, 6.07) is 4.26. The highest BCUT2D eigenvalue weighted by Gasteiger charge is 2.14. The third-order valence-electron chi connectivity index (χ3n) is 2.50. The number of nitrogens with two attached hydrogens (primary N) is 1. The van der Waals surface area contributed by atoms with Crippen molar-refractivity contribution in [1.29, 1.82) is 0 Å². The molecule has 82 valence electrons. The van der Waals surface area contributed by atoms with Crippen LogP contribution >= 0.6 is 0 Å². The van der Waals surface area contributed by atoms with E-state index in [4.69, 9.17) is 10.5 Å². The Kier molecular flexibility index (Phi) is 2.88. The SMILES string of the molecule is CC(N)CN(C)c1ccc2c(n1)COC2. The Balaban J connectivity index is 2.15. The first-order valence-corrected chi connectivity index (χ1v) is 5.20. The van der Waals surface area contributed by atoms with Crippen LogP contribution in [-0.2, 0) is 18.0 Å². The predicted octanol–water partition coefficient (Wildman–Crippen LogP) is 0.895. The zero-order valence-corrected chi connectivity index (χ0v) is 9.23. The van der Waals surface area contributed by atoms with Crippen LogP contribution < -0.4 is 10.6 Å². The largest absolute Gasteiger partial charge is 0.370 e. The second-order valence-electron chi connectivity index (χ2n) is 4.13. The number of fused-ring (bicyclic) bond motifs is 1. The van der Waals surface area contributed by atoms with Gasteiger partial charge in [-0.3, -0.25) is 0 Å². The number of anilines is 1. The quantitative estimate of drug-likeness (QED) is 0.800. The zero-order chi connectivity index (χ0) is 10.8. The van der Waals surface area contributed by atoms with Gasteiger partial charge in [-0.25, -0.2) is 4.98 Å². The standard InChI is InChI=1S/C11H17N3O/c1-8(12)5-14(2)11-4-3-9-6-15-7-10(9)13-11/h3-4,8H,5-7,12H2,1-2H3. The molecule has 1 unspecified atom stereocenters. The molecule has 0 saturated heterocycles. The number of aromatic nitrogens is 1. The minimum absolute atomic E-state index is 0.154. The van der Waals surface area contributed by atoms with E-state index in [1.807, 2.05) is 20.0 Å². The van der Waals surface area contributed by atoms with Crippen LogP contribution in [0, 0.1) is 0 Å². The lowest BCUT2D eigenvalue weighted by atomic mass is 10.2. The molecule has 1 atom stereocenters. The Morgan fingerprint density at radius 3 is 3.07 bits per heavy atom. The molecule has 0 amide bonds. The van der Waals surface area contributed by atoms with Crippen molar-refractivity contribution >= 4 is 5.82 Å². The topological polar surface area (TPSA) is 51.4 Å². The van der Waals surface area contributed by atoms with Crippen LogP contribution in [0.15, 0.2) is 12.1 Å². The molecule has 15 heavy (non-hydrogen) atoms. The summed E-state index contributed by atoms with van der Waals surface area (Å²) in [5.41, 5.74) is 8.01. The highest BCUT2D eigenvalue weighted by atomic mass is 16.5. The molecule has 4 nitrogen and oxygen atoms in total. The third-order valence-corrected chi connectivity index (χ3v) is 2.50. The predicted molar refractivity (Wildman–Crippen MR) is 59.6 cm³/mol. The van der Waals surface area contributed by atoms with Crippen LogP contribution in [-0.4, -0.2) is 24.6 Å². The van der Waals surface area contributed by atoms with Gasteiger partial charge in [0.25, 0.3) is 0 Å². The van der Waals surface area contributed by atoms with E-state index in [1.165, 1.54) is 5.56 Å². The van der Waals surface area contributed by atoms with Crippen LogP contribution in [0.3, 0.4) is 0 Å². The lowest BCUT2D eigenvalue weighted by molar-refractivity contribution is 0.133. The van der Waals surface area contributed by atoms with Gasteiger partial charge in [0, 0.05) is 25.2 Å². The summed E-state index contributed by atoms with van der Waals surface area (Å²) in [7, 11) is 2.01. The van der Waals surface area contributed by atoms with Crippen molar-refractivity contribution in [2.24, 2.45) is 5.73 Å². The molecular formula is C11H17N3O. The smallest absolute Gasteiger partial charge is 0.128 e. The first-order chi connectivity index (χ1) is 7.16. The fourth-order valence-corrected chi connectivity index (χ4v) is 1.77. The van der Waals surface area contributed by atoms with Crippen molar-refractivity contribution in [3.05, 3.63) is 23.4 Å². The molecule has 1 aliphatic rings. The van der Waals surface area contributed by atoms with Gasteiger partial charge in [0.2, 0.25) is 0 Å². The maximum Gasteiger partial charge on any atom is 0.128 e. The maximum atomic E-state index is 5.75. The van der Waals surface area contributed by atoms with Gasteiger partial charge in [0.1, 0.15) is 5.82 Å². The van der Waals surface area contributed by atoms with Gasteiger partial charge >= 0.3 is 0 Å². The second-order valence-corrected chi connectivity index (χ2v) is 4.13. The van der Waals surface area contributed by atoms with Crippen molar-refractivity contribution in [2.45, 2.75) is 26.2 Å². The molecule has 0 fully saturated rings. The number of hydrogen-bond donors (Lipinski definition) is 1. The van der Waals surface area contributed by atoms with E-state index in [9.17, 15) is 0 Å². The van der Waals surface area contributed by atoms with E-state index in [0.29, 0.717) is 13.2 Å². The Hall–Kier alpha value is -1.13. The van der Waals surface area contributed by atoms with Gasteiger partial charge < -0.3 is 15.4 Å². The first kappa shape index (κ1) is 10.4. The number of nitrogens with zero attached hydrogens (tertiary/aromatic N) is 2. The van der Waals surface area contributed by atoms with E-state index >= 15 is 0 Å². The van der Waals surface area contributed by atoms with Crippen molar-refractivity contribution in [3.63, 3.8) is 0 Å². The molecule has 2 rings (SSSR count). The molecule has 0 aromatic carbocycles. The summed E-state index contributed by atoms with van der Waals surface area (Å²) in [4.78, 5) is 6.62. The summed E-state index contributed by atoms with van der Waals surface area (Å²) in [5, 5.41) is 0. The second kappa shape index (κ2) is 4.16. The van der Waals surface area contributed by atoms with Gasteiger partial charge in [0.05, 0.1) is 18.9 Å². The van der Waals surface area contributed by atoms with Crippen LogP contribution in [0.5, 0.6) is 0 Å². The molecule has 2 heterocycles. The van der Waals surface area contributed by atoms with Gasteiger partial charge in [-0.15, -0.1) is 0 Å². The summed E-state index contributed by atoms with van der Waals surface area (Å²) >= 11 is 0. The number of rotatable bonds is 3. The maximum absolute atomic E-state index is 5.75. The van der Waals surface area contributed by atoms with E-state index in [0.717, 1.165) is 18.1 Å². The van der Waals surface area contributed by atoms with E-state index < -0.39 is 0 Å². The van der Waals surface area contributed by atoms with Gasteiger partial charge in [-0.2, -0.15) is 0 Å². The average molecular weight is 207 g/mol. The third kappa shape index (κ3) is 2.27. The van der Waals surface area contributed by atoms with Crippen molar-refractivity contribution in [2.75, 3.05) is 18.5 Å². The summed E-state index contributed by atoms with van der Waals surface area (Å²) in [5.74, 6) is 0.969. The molecule has 0 saturated carbocycles. The highest BCUT2D eigenvalue weighted by Crippen LogP contribution is 2.20. The summed E-state index contributed by atoms with van der Waals surface area (Å²) in [6.07, 6.45) is 0. The van der Waals surface area contributed by atoms with Crippen molar-refractivity contribution < 1.29 is 4.74 Å². The molecule has 2 N–H and O–H groups in total. The first-order valence-electron chi connectivity index (χ1n) is 5.20. The van der Waals surface area contributed by atoms with E-state index in [-0.39, 0.29) is 6.04 Å². The highest BCUT2D eigenvalue weighted by molar-refractivity contribution is 5.41. The van der Waals surface area contributed by atoms with Crippen LogP contribution in [0.25, 0.3) is 0 Å². The molecule has 1 aliphatic heterocycles. The lowest BCUT2D eigenvalue weighted by Gasteiger charge is -2.20. The zero-order valence-electron chi connectivity index (χ0n) is 9.23. The fraction of sp³-hybridized carbons (Fsp3) is 0.545. The summed E-state index contributed by atoms with van der Waals surface area (Å²) in [6.45, 7) is 4.13. The summed E-state index contributed by atoms with van der Waals surface area (Å²) < 4.78 is 5.33. The normalized spacial score (nSPS) is 16.2. The van der Waals surface area contributed by atoms with Gasteiger partial charge in [-0.05, 0) is 13.0 Å². The minimum atomic E-state index is 0.154. The van der Waals surface area contributed by atoms with Crippen molar-refractivity contribution in [3.8, 4) is 0 Å². The van der Waals surface area contributed by atoms with Gasteiger partial charge in [0.15, 0.2) is 0 Å². The lowest BCUT2D eigenvalue weighted by Crippen LogP contribution is -2.33. The molecule has 1 aromatic rings. The number of likely N-dealkylation sites (N-methyl/N-ethyl adjacent to an activating group) is 1. The Morgan fingerprint density at radius 2 is 2.33 bits per heavy atom. The van der Waals surface area contributed by atoms with Crippen LogP contribution in [0.4, 0.5) is 5.82 Å².